The fraction of sp³-hybridized carbons (Fsp3) is 0. The van der Waals surface area contributed by atoms with E-state index in [1.165, 1.54) is 6.07 Å². The molecule has 2 aromatic rings. The Hall–Kier alpha value is -1.44. The van der Waals surface area contributed by atoms with Gasteiger partial charge >= 0.3 is 0 Å². The highest BCUT2D eigenvalue weighted by molar-refractivity contribution is 5.78. The molecular formula is C9H5FN. The van der Waals surface area contributed by atoms with Gasteiger partial charge in [0.2, 0.25) is 0 Å². The number of aromatic nitrogens is 1. The zero-order chi connectivity index (χ0) is 7.68. The van der Waals surface area contributed by atoms with Crippen molar-refractivity contribution in [3.8, 4) is 0 Å². The van der Waals surface area contributed by atoms with Crippen LogP contribution in [0, 0.1) is 12.0 Å². The maximum absolute atomic E-state index is 12.9. The van der Waals surface area contributed by atoms with E-state index in [2.05, 4.69) is 11.2 Å². The van der Waals surface area contributed by atoms with Crippen LogP contribution in [0.2, 0.25) is 0 Å². The molecule has 2 rings (SSSR count). The minimum absolute atomic E-state index is 0.292. The van der Waals surface area contributed by atoms with E-state index in [-0.39, 0.29) is 5.82 Å². The van der Waals surface area contributed by atoms with Gasteiger partial charge in [-0.3, -0.25) is 0 Å². The van der Waals surface area contributed by atoms with E-state index in [0.29, 0.717) is 5.52 Å². The highest BCUT2D eigenvalue weighted by Crippen LogP contribution is 2.12. The maximum atomic E-state index is 12.9. The first-order valence-electron chi connectivity index (χ1n) is 3.29. The van der Waals surface area contributed by atoms with E-state index in [1.807, 2.05) is 6.07 Å². The van der Waals surface area contributed by atoms with Crippen LogP contribution in [-0.4, -0.2) is 4.98 Å². The quantitative estimate of drug-likeness (QED) is 0.555. The maximum Gasteiger partial charge on any atom is 0.149 e. The Morgan fingerprint density at radius 3 is 3.00 bits per heavy atom. The first-order chi connectivity index (χ1) is 5.38. The molecule has 0 N–H and O–H groups in total. The van der Waals surface area contributed by atoms with E-state index in [1.54, 1.807) is 18.2 Å². The van der Waals surface area contributed by atoms with E-state index in [4.69, 9.17) is 0 Å². The Morgan fingerprint density at radius 1 is 1.27 bits per heavy atom. The Labute approximate surface area is 63.5 Å². The summed E-state index contributed by atoms with van der Waals surface area (Å²) in [6, 6.07) is 8.33. The zero-order valence-corrected chi connectivity index (χ0v) is 5.71. The molecule has 1 heterocycles. The third-order valence-corrected chi connectivity index (χ3v) is 1.53. The first-order valence-corrected chi connectivity index (χ1v) is 3.29. The van der Waals surface area contributed by atoms with Crippen LogP contribution in [0.25, 0.3) is 10.9 Å². The summed E-state index contributed by atoms with van der Waals surface area (Å²) in [5, 5.41) is 0.809. The first kappa shape index (κ1) is 6.28. The monoisotopic (exact) mass is 146 g/mol. The van der Waals surface area contributed by atoms with Crippen molar-refractivity contribution >= 4 is 10.9 Å². The van der Waals surface area contributed by atoms with Crippen molar-refractivity contribution in [3.05, 3.63) is 42.3 Å². The van der Waals surface area contributed by atoms with Gasteiger partial charge in [-0.1, -0.05) is 18.2 Å². The fourth-order valence-electron chi connectivity index (χ4n) is 1.01. The van der Waals surface area contributed by atoms with Gasteiger partial charge in [0.25, 0.3) is 0 Å². The van der Waals surface area contributed by atoms with Gasteiger partial charge < -0.3 is 0 Å². The average molecular weight is 146 g/mol. The lowest BCUT2D eigenvalue weighted by molar-refractivity contribution is 0.637. The van der Waals surface area contributed by atoms with Gasteiger partial charge in [-0.15, -0.1) is 0 Å². The molecule has 1 aromatic carbocycles. The zero-order valence-electron chi connectivity index (χ0n) is 5.71. The molecular weight excluding hydrogens is 141 g/mol. The van der Waals surface area contributed by atoms with Crippen LogP contribution in [0.1, 0.15) is 0 Å². The molecule has 0 aliphatic carbocycles. The summed E-state index contributed by atoms with van der Waals surface area (Å²) in [5.41, 5.74) is 0.384. The number of fused-ring (bicyclic) bond motifs is 1. The lowest BCUT2D eigenvalue weighted by Crippen LogP contribution is -1.81. The molecule has 0 amide bonds. The number of halogens is 1. The predicted octanol–water partition coefficient (Wildman–Crippen LogP) is 2.17. The Morgan fingerprint density at radius 2 is 2.18 bits per heavy atom. The number of pyridine rings is 1. The smallest absolute Gasteiger partial charge is 0.149 e. The van der Waals surface area contributed by atoms with Gasteiger partial charge in [-0.2, -0.15) is 0 Å². The number of para-hydroxylation sites is 1. The summed E-state index contributed by atoms with van der Waals surface area (Å²) in [5.74, 6) is -0.292. The lowest BCUT2D eigenvalue weighted by atomic mass is 10.2. The van der Waals surface area contributed by atoms with Crippen molar-refractivity contribution in [2.24, 2.45) is 0 Å². The van der Waals surface area contributed by atoms with Crippen molar-refractivity contribution in [2.75, 3.05) is 0 Å². The van der Waals surface area contributed by atoms with Crippen LogP contribution >= 0.6 is 0 Å². The molecule has 0 aliphatic heterocycles. The van der Waals surface area contributed by atoms with Gasteiger partial charge in [0.05, 0.1) is 6.20 Å². The van der Waals surface area contributed by atoms with Crippen molar-refractivity contribution in [2.45, 2.75) is 0 Å². The predicted molar refractivity (Wildman–Crippen MR) is 40.5 cm³/mol. The third kappa shape index (κ3) is 0.963. The van der Waals surface area contributed by atoms with Crippen LogP contribution in [0.15, 0.2) is 30.3 Å². The molecule has 0 saturated carbocycles. The Kier molecular flexibility index (Phi) is 1.32. The van der Waals surface area contributed by atoms with Crippen LogP contribution in [0.5, 0.6) is 0 Å². The van der Waals surface area contributed by atoms with Crippen molar-refractivity contribution < 1.29 is 4.39 Å². The summed E-state index contributed by atoms with van der Waals surface area (Å²) in [7, 11) is 0. The Bertz CT molecular complexity index is 379. The molecule has 0 bridgehead atoms. The fourth-order valence-corrected chi connectivity index (χ4v) is 1.01. The largest absolute Gasteiger partial charge is 0.243 e. The van der Waals surface area contributed by atoms with Gasteiger partial charge in [0.1, 0.15) is 11.3 Å². The third-order valence-electron chi connectivity index (χ3n) is 1.53. The van der Waals surface area contributed by atoms with Crippen LogP contribution in [-0.2, 0) is 0 Å². The van der Waals surface area contributed by atoms with E-state index in [9.17, 15) is 4.39 Å². The van der Waals surface area contributed by atoms with Crippen molar-refractivity contribution in [1.82, 2.24) is 4.98 Å². The minimum atomic E-state index is -0.292. The molecule has 0 unspecified atom stereocenters. The highest BCUT2D eigenvalue weighted by atomic mass is 19.1. The van der Waals surface area contributed by atoms with E-state index in [0.717, 1.165) is 5.39 Å². The number of benzene rings is 1. The number of hydrogen-bond donors (Lipinski definition) is 0. The molecule has 1 aromatic heterocycles. The normalized spacial score (nSPS) is 10.3. The average Bonchev–Trinajstić information content (AvgIpc) is 2.06. The topological polar surface area (TPSA) is 12.9 Å². The minimum Gasteiger partial charge on any atom is -0.243 e. The second-order valence-corrected chi connectivity index (χ2v) is 2.25. The SMILES string of the molecule is Fc1cccc2cc[c]nc12. The molecule has 1 nitrogen and oxygen atoms in total. The summed E-state index contributed by atoms with van der Waals surface area (Å²) in [6.45, 7) is 0. The molecule has 2 heteroatoms. The summed E-state index contributed by atoms with van der Waals surface area (Å²) in [6.07, 6.45) is 2.59. The molecule has 0 saturated heterocycles. The van der Waals surface area contributed by atoms with Gasteiger partial charge in [-0.05, 0) is 12.1 Å². The van der Waals surface area contributed by atoms with Gasteiger partial charge in [0, 0.05) is 5.39 Å². The number of rotatable bonds is 0. The van der Waals surface area contributed by atoms with Gasteiger partial charge in [-0.25, -0.2) is 9.37 Å². The standard InChI is InChI=1S/C9H5FN/c10-8-5-1-3-7-4-2-6-11-9(7)8/h1-5H. The Balaban J connectivity index is 2.91. The molecule has 0 aliphatic rings. The number of nitrogens with zero attached hydrogens (tertiary/aromatic N) is 1. The second-order valence-electron chi connectivity index (χ2n) is 2.25. The van der Waals surface area contributed by atoms with Crippen molar-refractivity contribution in [3.63, 3.8) is 0 Å². The van der Waals surface area contributed by atoms with Crippen LogP contribution < -0.4 is 0 Å². The molecule has 0 spiro atoms. The second kappa shape index (κ2) is 2.31. The van der Waals surface area contributed by atoms with Crippen LogP contribution in [0.4, 0.5) is 4.39 Å². The summed E-state index contributed by atoms with van der Waals surface area (Å²) >= 11 is 0. The van der Waals surface area contributed by atoms with E-state index < -0.39 is 0 Å². The molecule has 11 heavy (non-hydrogen) atoms. The lowest BCUT2D eigenvalue weighted by Gasteiger charge is -1.94. The highest BCUT2D eigenvalue weighted by Gasteiger charge is 1.97. The van der Waals surface area contributed by atoms with Crippen LogP contribution in [0.3, 0.4) is 0 Å². The van der Waals surface area contributed by atoms with Gasteiger partial charge in [0.15, 0.2) is 0 Å². The molecule has 1 radical (unpaired) electrons. The van der Waals surface area contributed by atoms with E-state index >= 15 is 0 Å². The molecule has 0 fully saturated rings. The van der Waals surface area contributed by atoms with Crippen molar-refractivity contribution in [1.29, 1.82) is 0 Å². The summed E-state index contributed by atoms with van der Waals surface area (Å²) < 4.78 is 12.9. The molecule has 0 atom stereocenters. The number of hydrogen-bond acceptors (Lipinski definition) is 1. The molecule has 53 valence electrons. The summed E-state index contributed by atoms with van der Waals surface area (Å²) in [4.78, 5) is 3.78.